The molecule has 0 unspecified atom stereocenters. The maximum absolute atomic E-state index is 14.6. The first-order valence-corrected chi connectivity index (χ1v) is 46.1. The molecule has 0 fully saturated rings. The summed E-state index contributed by atoms with van der Waals surface area (Å²) in [5.41, 5.74) is 19.0. The average molecular weight is 1700 g/mol. The summed E-state index contributed by atoms with van der Waals surface area (Å²) in [5.74, 6) is 1.30. The maximum atomic E-state index is 14.6. The molecule has 0 aliphatic heterocycles. The molecular weight excluding hydrogens is 1620 g/mol. The molecule has 0 saturated carbocycles. The van der Waals surface area contributed by atoms with E-state index in [-0.39, 0.29) is 0 Å². The van der Waals surface area contributed by atoms with Crippen molar-refractivity contribution in [1.29, 1.82) is 0 Å². The van der Waals surface area contributed by atoms with Crippen molar-refractivity contribution in [1.82, 2.24) is 53.4 Å². The summed E-state index contributed by atoms with van der Waals surface area (Å²) >= 11 is 0. The molecule has 15 aromatic carbocycles. The Labute approximate surface area is 742 Å². The Morgan fingerprint density at radius 3 is 1.10 bits per heavy atom. The van der Waals surface area contributed by atoms with Crippen LogP contribution in [0.15, 0.2) is 472 Å². The number of benzene rings is 15. The zero-order chi connectivity index (χ0) is 86.2. The number of fused-ring (bicyclic) bond motifs is 10. The van der Waals surface area contributed by atoms with Crippen LogP contribution >= 0.6 is 14.3 Å². The largest absolute Gasteiger partial charge is 0.436 e. The van der Waals surface area contributed by atoms with Crippen LogP contribution < -0.4 is 31.8 Å². The maximum Gasteiger partial charge on any atom is 0.227 e. The van der Waals surface area contributed by atoms with E-state index in [1.54, 1.807) is 6.20 Å². The van der Waals surface area contributed by atoms with Gasteiger partial charge in [-0.25, -0.2) is 33.0 Å². The van der Waals surface area contributed by atoms with Crippen LogP contribution in [0.2, 0.25) is 0 Å². The summed E-state index contributed by atoms with van der Waals surface area (Å²) in [6, 6.07) is 143. The molecule has 10 aromatic heterocycles. The molecule has 0 N–H and O–H groups in total. The zero-order valence-corrected chi connectivity index (χ0v) is 71.3. The molecule has 0 atom stereocenters. The lowest BCUT2D eigenvalue weighted by molar-refractivity contribution is 0.591. The fourth-order valence-electron chi connectivity index (χ4n) is 17.3. The van der Waals surface area contributed by atoms with Crippen molar-refractivity contribution in [3.05, 3.63) is 468 Å². The van der Waals surface area contributed by atoms with E-state index in [4.69, 9.17) is 19.5 Å². The highest BCUT2D eigenvalue weighted by Gasteiger charge is 2.34. The van der Waals surface area contributed by atoms with Crippen molar-refractivity contribution in [2.45, 2.75) is 0 Å². The van der Waals surface area contributed by atoms with Crippen LogP contribution in [0.25, 0.3) is 166 Å². The fraction of sp³-hybridized carbons (Fsp3) is 0. The number of aromatic nitrogens is 11. The van der Waals surface area contributed by atoms with Crippen LogP contribution in [0.4, 0.5) is 0 Å². The predicted molar refractivity (Wildman–Crippen MR) is 528 cm³/mol. The molecule has 0 bridgehead atoms. The highest BCUT2D eigenvalue weighted by molar-refractivity contribution is 7.86. The lowest BCUT2D eigenvalue weighted by atomic mass is 10.0. The number of oxazole rings is 1. The molecule has 129 heavy (non-hydrogen) atoms. The minimum Gasteiger partial charge on any atom is -0.436 e. The third-order valence-electron chi connectivity index (χ3n) is 23.9. The lowest BCUT2D eigenvalue weighted by Crippen LogP contribution is -2.24. The average Bonchev–Trinajstić information content (AvgIpc) is 1.73. The Kier molecular flexibility index (Phi) is 20.5. The van der Waals surface area contributed by atoms with Crippen molar-refractivity contribution < 1.29 is 13.5 Å². The van der Waals surface area contributed by atoms with Crippen molar-refractivity contribution >= 4 is 133 Å². The van der Waals surface area contributed by atoms with Gasteiger partial charge in [0, 0.05) is 106 Å². The number of pyridine rings is 4. The molecule has 25 aromatic rings. The lowest BCUT2D eigenvalue weighted by Gasteiger charge is -2.20. The van der Waals surface area contributed by atoms with Crippen LogP contribution in [0, 0.1) is 0 Å². The van der Waals surface area contributed by atoms with E-state index in [1.165, 1.54) is 27.3 Å². The Morgan fingerprint density at radius 1 is 0.248 bits per heavy atom. The van der Waals surface area contributed by atoms with E-state index in [2.05, 4.69) is 227 Å². The minimum absolute atomic E-state index is 0.638. The van der Waals surface area contributed by atoms with Crippen LogP contribution in [-0.4, -0.2) is 53.4 Å². The van der Waals surface area contributed by atoms with E-state index in [1.807, 2.05) is 273 Å². The first kappa shape index (κ1) is 78.4. The molecule has 0 aliphatic rings. The number of rotatable bonds is 13. The van der Waals surface area contributed by atoms with Crippen molar-refractivity contribution in [2.24, 2.45) is 0 Å². The molecule has 14 nitrogen and oxygen atoms in total. The Morgan fingerprint density at radius 2 is 0.597 bits per heavy atom. The summed E-state index contributed by atoms with van der Waals surface area (Å²) in [4.78, 5) is 15.0. The Hall–Kier alpha value is -16.6. The number of hydrogen-bond acceptors (Lipinski definition) is 10. The molecule has 612 valence electrons. The highest BCUT2D eigenvalue weighted by atomic mass is 31.2. The Bertz CT molecular complexity index is 8430. The van der Waals surface area contributed by atoms with Gasteiger partial charge in [0.15, 0.2) is 25.7 Å². The van der Waals surface area contributed by atoms with Crippen molar-refractivity contribution in [2.75, 3.05) is 0 Å². The summed E-state index contributed by atoms with van der Waals surface area (Å²) in [6.07, 6.45) is 13.8. The summed E-state index contributed by atoms with van der Waals surface area (Å²) in [5, 5.41) is 33.9. The van der Waals surface area contributed by atoms with Gasteiger partial charge in [0.25, 0.3) is 0 Å². The SMILES string of the molecule is O=P(c1ccccc1)(c1ccccc1)c1ccc(-c2cnn3cc4ccccc4cc23)cc1.O=P(c1ccccc1)(c1ccccc1)c1cnn2cc3ccccc3cc12.c1ccc(-c2ccc(-c3nc(-c4c(-c5ccccc5)nn5cc6ccccc6cc45)nc4ccccc34)cc2)cc1.c1ccc2cn3ncc(-c4ccc(-c5nc6ccccc6o5)cc4)c3cc2c1. The van der Waals surface area contributed by atoms with Crippen LogP contribution in [-0.2, 0) is 9.13 Å². The van der Waals surface area contributed by atoms with Gasteiger partial charge in [-0.15, -0.1) is 0 Å². The molecule has 0 saturated heterocycles. The summed E-state index contributed by atoms with van der Waals surface area (Å²) in [6.45, 7) is 0. The van der Waals surface area contributed by atoms with Gasteiger partial charge in [0.05, 0.1) is 62.7 Å². The molecule has 10 heterocycles. The summed E-state index contributed by atoms with van der Waals surface area (Å²) in [7, 11) is -6.01. The third-order valence-corrected chi connectivity index (χ3v) is 30.0. The van der Waals surface area contributed by atoms with Gasteiger partial charge in [0.2, 0.25) is 5.89 Å². The normalized spacial score (nSPS) is 11.6. The van der Waals surface area contributed by atoms with E-state index < -0.39 is 14.3 Å². The molecular formula is C113H77N11O3P2. The van der Waals surface area contributed by atoms with Gasteiger partial charge in [-0.2, -0.15) is 20.4 Å². The second-order valence-electron chi connectivity index (χ2n) is 31.7. The quantitative estimate of drug-likeness (QED) is 0.102. The minimum atomic E-state index is -3.04. The smallest absolute Gasteiger partial charge is 0.227 e. The van der Waals surface area contributed by atoms with Crippen molar-refractivity contribution in [3.8, 4) is 78.7 Å². The molecule has 0 spiro atoms. The zero-order valence-electron chi connectivity index (χ0n) is 69.5. The first-order valence-electron chi connectivity index (χ1n) is 42.7. The molecule has 16 heteroatoms. The van der Waals surface area contributed by atoms with Gasteiger partial charge in [-0.05, 0) is 98.4 Å². The molecule has 0 radical (unpaired) electrons. The van der Waals surface area contributed by atoms with E-state index in [0.29, 0.717) is 11.7 Å². The number of hydrogen-bond donors (Lipinski definition) is 0. The van der Waals surface area contributed by atoms with E-state index in [0.717, 1.165) is 159 Å². The summed E-state index contributed by atoms with van der Waals surface area (Å²) < 4.78 is 42.7. The number of nitrogens with zero attached hydrogens (tertiary/aromatic N) is 11. The van der Waals surface area contributed by atoms with E-state index in [9.17, 15) is 9.13 Å². The second-order valence-corrected chi connectivity index (χ2v) is 37.2. The monoisotopic (exact) mass is 1700 g/mol. The third kappa shape index (κ3) is 15.0. The molecule has 0 amide bonds. The topological polar surface area (TPSA) is 155 Å². The number of para-hydroxylation sites is 3. The predicted octanol–water partition coefficient (Wildman–Crippen LogP) is 25.0. The van der Waals surface area contributed by atoms with Gasteiger partial charge in [0.1, 0.15) is 11.2 Å². The van der Waals surface area contributed by atoms with Gasteiger partial charge < -0.3 is 13.5 Å². The first-order chi connectivity index (χ1) is 63.7. The van der Waals surface area contributed by atoms with Crippen LogP contribution in [0.1, 0.15) is 0 Å². The van der Waals surface area contributed by atoms with E-state index >= 15 is 0 Å². The van der Waals surface area contributed by atoms with Crippen LogP contribution in [0.3, 0.4) is 0 Å². The standard InChI is InChI=1S/C37H24N4.C29H21N2OP.C24H15N3O.C23H17N2OP/c1-3-11-25(12-4-1)26-19-21-28(22-20-26)35-31-17-9-10-18-32(31)38-37(39-35)34-33-23-29-15-7-8-16-30(29)24-41(33)40-36(34)27-13-5-2-6-14-27;32-33(25-11-3-1-4-12-25,26-13-5-2-6-14-26)27-17-15-22(16-18-27)28-20-30-31-21-24-10-8-7-9-23(24)19-29(28)31;1-2-6-19-15-27-22(13-18(19)5-1)20(14-25-27)16-9-11-17(12-10-16)24-26-21-7-3-4-8-23(21)28-24;26-27(20-11-3-1-4-12-20,21-13-5-2-6-14-21)23-16-24-25-17-19-10-8-7-9-18(19)15-22(23)25/h1-24H;1-21H;1-15H;1-17H. The van der Waals surface area contributed by atoms with Crippen molar-refractivity contribution in [3.63, 3.8) is 0 Å². The van der Waals surface area contributed by atoms with Gasteiger partial charge in [-0.1, -0.05) is 370 Å². The molecule has 0 aliphatic carbocycles. The van der Waals surface area contributed by atoms with Gasteiger partial charge >= 0.3 is 0 Å². The highest BCUT2D eigenvalue weighted by Crippen LogP contribution is 2.46. The second kappa shape index (κ2) is 33.8. The van der Waals surface area contributed by atoms with Gasteiger partial charge in [-0.3, -0.25) is 0 Å². The fourth-order valence-corrected chi connectivity index (χ4v) is 22.7. The van der Waals surface area contributed by atoms with Crippen LogP contribution in [0.5, 0.6) is 0 Å². The Balaban J connectivity index is 0.000000103. The molecule has 25 rings (SSSR count).